The van der Waals surface area contributed by atoms with Gasteiger partial charge in [-0.15, -0.1) is 0 Å². The summed E-state index contributed by atoms with van der Waals surface area (Å²) < 4.78 is 0. The van der Waals surface area contributed by atoms with Gasteiger partial charge in [0.05, 0.1) is 0 Å². The Labute approximate surface area is 100 Å². The Morgan fingerprint density at radius 1 is 1.12 bits per heavy atom. The predicted molar refractivity (Wildman–Crippen MR) is 72.4 cm³/mol. The largest absolute Gasteiger partial charge is 0.309 e. The zero-order valence-electron chi connectivity index (χ0n) is 11.1. The molecule has 0 radical (unpaired) electrons. The number of nitrogens with one attached hydrogen (secondary N) is 1. The third-order valence-electron chi connectivity index (χ3n) is 2.68. The van der Waals surface area contributed by atoms with Crippen molar-refractivity contribution in [2.75, 3.05) is 7.05 Å². The van der Waals surface area contributed by atoms with Gasteiger partial charge >= 0.3 is 0 Å². The summed E-state index contributed by atoms with van der Waals surface area (Å²) in [6.45, 7) is 4.45. The normalized spacial score (nSPS) is 13.0. The number of hydrogen-bond donors (Lipinski definition) is 2. The lowest BCUT2D eigenvalue weighted by Gasteiger charge is -2.08. The minimum atomic E-state index is 0.780. The summed E-state index contributed by atoms with van der Waals surface area (Å²) in [5, 5.41) is 0. The molecule has 3 N–H and O–H groups in total. The molecule has 0 fully saturated rings. The number of nitrogens with zero attached hydrogens (tertiary/aromatic N) is 1. The fourth-order valence-electron chi connectivity index (χ4n) is 1.64. The van der Waals surface area contributed by atoms with Crippen LogP contribution in [0, 0.1) is 0 Å². The second kappa shape index (κ2) is 10.7. The van der Waals surface area contributed by atoms with Crippen molar-refractivity contribution in [3.63, 3.8) is 0 Å². The van der Waals surface area contributed by atoms with Gasteiger partial charge in [0.2, 0.25) is 0 Å². The summed E-state index contributed by atoms with van der Waals surface area (Å²) in [4.78, 5) is 4.09. The summed E-state index contributed by atoms with van der Waals surface area (Å²) in [5.41, 5.74) is 4.09. The van der Waals surface area contributed by atoms with Gasteiger partial charge in [-0.3, -0.25) is 4.99 Å². The number of rotatable bonds is 8. The lowest BCUT2D eigenvalue weighted by Crippen LogP contribution is -2.28. The molecule has 0 aliphatic carbocycles. The summed E-state index contributed by atoms with van der Waals surface area (Å²) >= 11 is 0. The Kier molecular flexibility index (Phi) is 10.1. The van der Waals surface area contributed by atoms with Crippen molar-refractivity contribution in [2.24, 2.45) is 10.8 Å². The predicted octanol–water partition coefficient (Wildman–Crippen LogP) is 3.17. The molecule has 0 heterocycles. The van der Waals surface area contributed by atoms with Crippen molar-refractivity contribution >= 4 is 5.84 Å². The molecule has 0 bridgehead atoms. The number of hydrazine groups is 1. The van der Waals surface area contributed by atoms with Crippen LogP contribution in [0.5, 0.6) is 0 Å². The quantitative estimate of drug-likeness (QED) is 0.219. The molecular formula is C13H27N3. The Balaban J connectivity index is 4.27. The SMILES string of the molecule is CCCCCC(=CC(=NC)NN)CCCC. The number of aliphatic imine (C=N–C) groups is 1. The van der Waals surface area contributed by atoms with Crippen LogP contribution in [0.1, 0.15) is 58.8 Å². The third kappa shape index (κ3) is 7.46. The average molecular weight is 225 g/mol. The van der Waals surface area contributed by atoms with Gasteiger partial charge in [-0.2, -0.15) is 0 Å². The van der Waals surface area contributed by atoms with Crippen LogP contribution in [0.4, 0.5) is 0 Å². The minimum Gasteiger partial charge on any atom is -0.309 e. The molecule has 0 aliphatic rings. The van der Waals surface area contributed by atoms with Crippen LogP contribution in [0.2, 0.25) is 0 Å². The Hall–Kier alpha value is -0.830. The van der Waals surface area contributed by atoms with Gasteiger partial charge in [-0.1, -0.05) is 38.7 Å². The van der Waals surface area contributed by atoms with Crippen molar-refractivity contribution in [1.29, 1.82) is 0 Å². The van der Waals surface area contributed by atoms with E-state index in [-0.39, 0.29) is 0 Å². The highest BCUT2D eigenvalue weighted by atomic mass is 15.2. The van der Waals surface area contributed by atoms with Crippen molar-refractivity contribution in [2.45, 2.75) is 58.8 Å². The van der Waals surface area contributed by atoms with E-state index in [0.29, 0.717) is 0 Å². The summed E-state index contributed by atoms with van der Waals surface area (Å²) in [6.07, 6.45) is 10.8. The van der Waals surface area contributed by atoms with Gasteiger partial charge in [-0.25, -0.2) is 5.84 Å². The molecule has 0 aliphatic heterocycles. The molecule has 0 amide bonds. The van der Waals surface area contributed by atoms with Crippen molar-refractivity contribution < 1.29 is 0 Å². The molecule has 0 aromatic rings. The molecule has 0 aromatic heterocycles. The Bertz CT molecular complexity index is 219. The van der Waals surface area contributed by atoms with Crippen LogP contribution < -0.4 is 11.3 Å². The molecule has 0 saturated carbocycles. The minimum absolute atomic E-state index is 0.780. The van der Waals surface area contributed by atoms with Gasteiger partial charge in [0.25, 0.3) is 0 Å². The number of hydrogen-bond acceptors (Lipinski definition) is 2. The first-order chi connectivity index (χ1) is 7.78. The standard InChI is InChI=1S/C13H27N3/c1-4-6-8-10-12(9-7-5-2)11-13(15-3)16-14/h11H,4-10,14H2,1-3H3,(H,15,16). The summed E-state index contributed by atoms with van der Waals surface area (Å²) in [6, 6.07) is 0. The second-order valence-electron chi connectivity index (χ2n) is 4.12. The zero-order valence-corrected chi connectivity index (χ0v) is 11.1. The maximum absolute atomic E-state index is 5.39. The molecule has 0 saturated heterocycles. The van der Waals surface area contributed by atoms with Crippen LogP contribution in [0.15, 0.2) is 16.6 Å². The molecule has 0 spiro atoms. The number of allylic oxidation sites excluding steroid dienone is 1. The van der Waals surface area contributed by atoms with Crippen LogP contribution >= 0.6 is 0 Å². The monoisotopic (exact) mass is 225 g/mol. The lowest BCUT2D eigenvalue weighted by molar-refractivity contribution is 0.678. The maximum Gasteiger partial charge on any atom is 0.134 e. The van der Waals surface area contributed by atoms with Crippen LogP contribution in [0.25, 0.3) is 0 Å². The van der Waals surface area contributed by atoms with Gasteiger partial charge in [0, 0.05) is 7.05 Å². The van der Waals surface area contributed by atoms with Gasteiger partial charge in [-0.05, 0) is 31.8 Å². The van der Waals surface area contributed by atoms with Crippen molar-refractivity contribution in [1.82, 2.24) is 5.43 Å². The van der Waals surface area contributed by atoms with E-state index in [9.17, 15) is 0 Å². The number of unbranched alkanes of at least 4 members (excludes halogenated alkanes) is 3. The molecular weight excluding hydrogens is 198 g/mol. The highest BCUT2D eigenvalue weighted by Crippen LogP contribution is 2.15. The third-order valence-corrected chi connectivity index (χ3v) is 2.68. The molecule has 0 unspecified atom stereocenters. The molecule has 0 rings (SSSR count). The van der Waals surface area contributed by atoms with E-state index in [4.69, 9.17) is 5.84 Å². The van der Waals surface area contributed by atoms with Crippen molar-refractivity contribution in [3.05, 3.63) is 11.6 Å². The topological polar surface area (TPSA) is 50.4 Å². The molecule has 16 heavy (non-hydrogen) atoms. The zero-order chi connectivity index (χ0) is 12.2. The van der Waals surface area contributed by atoms with Gasteiger partial charge in [0.1, 0.15) is 5.84 Å². The first kappa shape index (κ1) is 15.2. The van der Waals surface area contributed by atoms with Crippen LogP contribution in [-0.4, -0.2) is 12.9 Å². The van der Waals surface area contributed by atoms with Crippen molar-refractivity contribution in [3.8, 4) is 0 Å². The molecule has 3 nitrogen and oxygen atoms in total. The van der Waals surface area contributed by atoms with Crippen LogP contribution in [0.3, 0.4) is 0 Å². The van der Waals surface area contributed by atoms with E-state index in [1.165, 1.54) is 50.5 Å². The highest BCUT2D eigenvalue weighted by molar-refractivity contribution is 5.92. The summed E-state index contributed by atoms with van der Waals surface area (Å²) in [7, 11) is 1.76. The lowest BCUT2D eigenvalue weighted by atomic mass is 10.0. The van der Waals surface area contributed by atoms with E-state index >= 15 is 0 Å². The first-order valence-electron chi connectivity index (χ1n) is 6.41. The van der Waals surface area contributed by atoms with E-state index in [1.807, 2.05) is 0 Å². The molecule has 3 heteroatoms. The van der Waals surface area contributed by atoms with E-state index in [2.05, 4.69) is 30.3 Å². The first-order valence-corrected chi connectivity index (χ1v) is 6.41. The Morgan fingerprint density at radius 3 is 2.25 bits per heavy atom. The highest BCUT2D eigenvalue weighted by Gasteiger charge is 1.99. The fraction of sp³-hybridized carbons (Fsp3) is 0.769. The maximum atomic E-state index is 5.39. The average Bonchev–Trinajstić information content (AvgIpc) is 2.32. The fourth-order valence-corrected chi connectivity index (χ4v) is 1.64. The Morgan fingerprint density at radius 2 is 1.75 bits per heavy atom. The summed E-state index contributed by atoms with van der Waals surface area (Å²) in [5.74, 6) is 6.17. The second-order valence-corrected chi connectivity index (χ2v) is 4.12. The van der Waals surface area contributed by atoms with E-state index < -0.39 is 0 Å². The number of amidine groups is 1. The van der Waals surface area contributed by atoms with E-state index in [0.717, 1.165) is 5.84 Å². The molecule has 94 valence electrons. The van der Waals surface area contributed by atoms with E-state index in [1.54, 1.807) is 7.05 Å². The van der Waals surface area contributed by atoms with Crippen LogP contribution in [-0.2, 0) is 0 Å². The smallest absolute Gasteiger partial charge is 0.134 e. The molecule has 0 atom stereocenters. The number of nitrogens with two attached hydrogens (primary N) is 1. The van der Waals surface area contributed by atoms with Gasteiger partial charge in [0.15, 0.2) is 0 Å². The van der Waals surface area contributed by atoms with Gasteiger partial charge < -0.3 is 5.43 Å². The molecule has 0 aromatic carbocycles.